The first-order valence-corrected chi connectivity index (χ1v) is 11.5. The lowest BCUT2D eigenvalue weighted by Gasteiger charge is -2.16. The Kier molecular flexibility index (Phi) is 4.18. The molecule has 10 heteroatoms. The number of sulfonamides is 1. The molecule has 29 heavy (non-hydrogen) atoms. The number of imidazole rings is 1. The number of carbonyl (C=O) groups is 1. The second kappa shape index (κ2) is 6.53. The first-order chi connectivity index (χ1) is 13.9. The van der Waals surface area contributed by atoms with E-state index in [0.717, 1.165) is 31.2 Å². The molecular weight excluding hydrogens is 394 g/mol. The predicted octanol–water partition coefficient (Wildman–Crippen LogP) is 2.26. The van der Waals surface area contributed by atoms with Gasteiger partial charge in [0.1, 0.15) is 5.82 Å². The molecule has 0 amide bonds. The van der Waals surface area contributed by atoms with E-state index in [1.54, 1.807) is 6.20 Å². The van der Waals surface area contributed by atoms with Crippen molar-refractivity contribution in [2.75, 3.05) is 0 Å². The van der Waals surface area contributed by atoms with Crippen molar-refractivity contribution in [2.24, 2.45) is 5.92 Å². The van der Waals surface area contributed by atoms with Gasteiger partial charge in [0.15, 0.2) is 11.3 Å². The number of carboxylic acids is 1. The van der Waals surface area contributed by atoms with Gasteiger partial charge in [-0.1, -0.05) is 13.3 Å². The van der Waals surface area contributed by atoms with E-state index in [1.165, 1.54) is 6.20 Å². The highest BCUT2D eigenvalue weighted by atomic mass is 32.2. The third kappa shape index (κ3) is 3.01. The number of hydrogen-bond donors (Lipinski definition) is 3. The number of aromatic carboxylic acids is 1. The van der Waals surface area contributed by atoms with Crippen LogP contribution >= 0.6 is 0 Å². The highest BCUT2D eigenvalue weighted by molar-refractivity contribution is 7.90. The van der Waals surface area contributed by atoms with Crippen LogP contribution in [0.5, 0.6) is 0 Å². The summed E-state index contributed by atoms with van der Waals surface area (Å²) in [6.45, 7) is 2.08. The average Bonchev–Trinajstić information content (AvgIpc) is 3.14. The molecule has 3 aromatic rings. The zero-order chi connectivity index (χ0) is 20.3. The molecule has 0 bridgehead atoms. The van der Waals surface area contributed by atoms with E-state index in [4.69, 9.17) is 0 Å². The summed E-state index contributed by atoms with van der Waals surface area (Å²) in [5, 5.41) is 9.40. The maximum Gasteiger partial charge on any atom is 0.356 e. The van der Waals surface area contributed by atoms with Gasteiger partial charge in [-0.15, -0.1) is 0 Å². The average molecular weight is 417 g/mol. The van der Waals surface area contributed by atoms with Crippen LogP contribution in [0.3, 0.4) is 0 Å². The van der Waals surface area contributed by atoms with Crippen LogP contribution < -0.4 is 4.72 Å². The summed E-state index contributed by atoms with van der Waals surface area (Å²) in [5.74, 6) is -0.240. The third-order valence-corrected chi connectivity index (χ3v) is 8.26. The lowest BCUT2D eigenvalue weighted by Crippen LogP contribution is -2.35. The number of fused-ring (bicyclic) bond motifs is 3. The maximum absolute atomic E-state index is 12.4. The number of aromatic amines is 1. The monoisotopic (exact) mass is 417 g/mol. The van der Waals surface area contributed by atoms with E-state index in [9.17, 15) is 18.3 Å². The van der Waals surface area contributed by atoms with E-state index in [1.807, 2.05) is 10.5 Å². The molecule has 0 aromatic carbocycles. The molecule has 3 unspecified atom stereocenters. The number of hydrogen-bond acceptors (Lipinski definition) is 5. The second-order valence-corrected chi connectivity index (χ2v) is 10.1. The summed E-state index contributed by atoms with van der Waals surface area (Å²) < 4.78 is 29.6. The Morgan fingerprint density at radius 1 is 1.34 bits per heavy atom. The fourth-order valence-electron chi connectivity index (χ4n) is 4.69. The van der Waals surface area contributed by atoms with Crippen molar-refractivity contribution in [3.8, 4) is 0 Å². The lowest BCUT2D eigenvalue weighted by molar-refractivity contribution is 0.0693. The summed E-state index contributed by atoms with van der Waals surface area (Å²) in [5.41, 5.74) is 1.86. The van der Waals surface area contributed by atoms with E-state index in [2.05, 4.69) is 26.6 Å². The second-order valence-electron chi connectivity index (χ2n) is 8.12. The van der Waals surface area contributed by atoms with Gasteiger partial charge in [0.2, 0.25) is 10.0 Å². The SMILES string of the molecule is CCC1CC(NS(=O)(=O)C2CC2)CC1c1nc(C(=O)O)c2cnc3[nH]ccc3n12. The topological polar surface area (TPSA) is 129 Å². The lowest BCUT2D eigenvalue weighted by atomic mass is 9.93. The summed E-state index contributed by atoms with van der Waals surface area (Å²) in [7, 11) is -3.27. The molecule has 2 saturated carbocycles. The van der Waals surface area contributed by atoms with Gasteiger partial charge >= 0.3 is 5.97 Å². The zero-order valence-electron chi connectivity index (χ0n) is 16.0. The van der Waals surface area contributed by atoms with E-state index in [-0.39, 0.29) is 28.8 Å². The Morgan fingerprint density at radius 2 is 2.14 bits per heavy atom. The molecule has 9 nitrogen and oxygen atoms in total. The Balaban J connectivity index is 1.58. The molecule has 0 saturated heterocycles. The normalized spacial score (nSPS) is 25.2. The molecule has 3 N–H and O–H groups in total. The number of nitrogens with one attached hydrogen (secondary N) is 2. The van der Waals surface area contributed by atoms with Crippen LogP contribution in [0.2, 0.25) is 0 Å². The number of carboxylic acid groups (broad SMARTS) is 1. The van der Waals surface area contributed by atoms with Gasteiger partial charge in [-0.2, -0.15) is 0 Å². The van der Waals surface area contributed by atoms with Gasteiger partial charge < -0.3 is 10.1 Å². The molecule has 2 aliphatic carbocycles. The Bertz CT molecular complexity index is 1210. The number of aromatic nitrogens is 4. The van der Waals surface area contributed by atoms with Crippen molar-refractivity contribution in [3.05, 3.63) is 30.0 Å². The van der Waals surface area contributed by atoms with Gasteiger partial charge in [-0.05, 0) is 37.7 Å². The fourth-order valence-corrected chi connectivity index (χ4v) is 6.29. The maximum atomic E-state index is 12.4. The van der Waals surface area contributed by atoms with Crippen molar-refractivity contribution in [1.82, 2.24) is 24.1 Å². The predicted molar refractivity (Wildman–Crippen MR) is 106 cm³/mol. The van der Waals surface area contributed by atoms with Crippen LogP contribution in [0.4, 0.5) is 0 Å². The summed E-state index contributed by atoms with van der Waals surface area (Å²) >= 11 is 0. The zero-order valence-corrected chi connectivity index (χ0v) is 16.8. The molecule has 2 aliphatic rings. The van der Waals surface area contributed by atoms with Gasteiger partial charge in [-0.25, -0.2) is 27.9 Å². The van der Waals surface area contributed by atoms with Crippen molar-refractivity contribution in [3.63, 3.8) is 0 Å². The fraction of sp³-hybridized carbons (Fsp3) is 0.526. The van der Waals surface area contributed by atoms with Gasteiger partial charge in [0.05, 0.1) is 22.5 Å². The first-order valence-electron chi connectivity index (χ1n) is 9.98. The molecule has 0 spiro atoms. The number of nitrogens with zero attached hydrogens (tertiary/aromatic N) is 3. The molecule has 3 atom stereocenters. The molecule has 0 aliphatic heterocycles. The molecule has 154 valence electrons. The summed E-state index contributed by atoms with van der Waals surface area (Å²) in [6.07, 6.45) is 6.96. The van der Waals surface area contributed by atoms with Crippen LogP contribution in [0, 0.1) is 5.92 Å². The molecule has 3 aromatic heterocycles. The minimum absolute atomic E-state index is 0.0209. The van der Waals surface area contributed by atoms with Gasteiger partial charge in [0.25, 0.3) is 0 Å². The minimum atomic E-state index is -3.27. The van der Waals surface area contributed by atoms with Gasteiger partial charge in [-0.3, -0.25) is 4.40 Å². The number of rotatable bonds is 6. The Labute approximate surface area is 167 Å². The number of H-pyrrole nitrogens is 1. The molecule has 5 rings (SSSR count). The van der Waals surface area contributed by atoms with Crippen molar-refractivity contribution in [1.29, 1.82) is 0 Å². The van der Waals surface area contributed by atoms with Crippen molar-refractivity contribution >= 4 is 32.7 Å². The van der Waals surface area contributed by atoms with E-state index in [0.29, 0.717) is 23.4 Å². The Morgan fingerprint density at radius 3 is 2.83 bits per heavy atom. The van der Waals surface area contributed by atoms with Crippen LogP contribution in [-0.4, -0.2) is 50.1 Å². The third-order valence-electron chi connectivity index (χ3n) is 6.25. The molecule has 0 radical (unpaired) electrons. The highest BCUT2D eigenvalue weighted by Gasteiger charge is 2.42. The molecular formula is C19H23N5O4S. The Hall–Kier alpha value is -2.46. The highest BCUT2D eigenvalue weighted by Crippen LogP contribution is 2.43. The van der Waals surface area contributed by atoms with Gasteiger partial charge in [0, 0.05) is 18.2 Å². The largest absolute Gasteiger partial charge is 0.476 e. The smallest absolute Gasteiger partial charge is 0.356 e. The standard InChI is InChI=1S/C19H23N5O4S/c1-2-10-7-11(23-29(27,28)12-3-4-12)8-13(10)18-22-16(19(25)26)15-9-21-17-14(24(15)18)5-6-20-17/h5-6,9-13,20,23H,2-4,7-8H2,1H3,(H,25,26). The van der Waals surface area contributed by atoms with Crippen LogP contribution in [0.15, 0.2) is 18.5 Å². The van der Waals surface area contributed by atoms with E-state index < -0.39 is 16.0 Å². The van der Waals surface area contributed by atoms with Crippen LogP contribution in [0.25, 0.3) is 16.7 Å². The molecule has 2 fully saturated rings. The summed E-state index contributed by atoms with van der Waals surface area (Å²) in [6, 6.07) is 1.70. The minimum Gasteiger partial charge on any atom is -0.476 e. The first kappa shape index (κ1) is 18.6. The van der Waals surface area contributed by atoms with Crippen LogP contribution in [-0.2, 0) is 10.0 Å². The van der Waals surface area contributed by atoms with E-state index >= 15 is 0 Å². The van der Waals surface area contributed by atoms with Crippen molar-refractivity contribution < 1.29 is 18.3 Å². The van der Waals surface area contributed by atoms with Crippen molar-refractivity contribution in [2.45, 2.75) is 56.2 Å². The molecule has 3 heterocycles. The van der Waals surface area contributed by atoms with Crippen LogP contribution in [0.1, 0.15) is 61.3 Å². The summed E-state index contributed by atoms with van der Waals surface area (Å²) in [4.78, 5) is 23.7. The quantitative estimate of drug-likeness (QED) is 0.564.